The summed E-state index contributed by atoms with van der Waals surface area (Å²) in [5.41, 5.74) is 1.54. The molecule has 0 radical (unpaired) electrons. The summed E-state index contributed by atoms with van der Waals surface area (Å²) in [7, 11) is 0. The van der Waals surface area contributed by atoms with Gasteiger partial charge in [0.1, 0.15) is 9.98 Å². The molecule has 594 valence electrons. The third-order valence-electron chi connectivity index (χ3n) is 20.8. The lowest BCUT2D eigenvalue weighted by atomic mass is 10.1. The van der Waals surface area contributed by atoms with Gasteiger partial charge in [0, 0.05) is 35.6 Å². The summed E-state index contributed by atoms with van der Waals surface area (Å²) in [6.07, 6.45) is 85.1. The number of thiocarbonyl (C=S) groups is 2. The van der Waals surface area contributed by atoms with E-state index < -0.39 is 0 Å². The monoisotopic (exact) mass is 1460 g/mol. The minimum absolute atomic E-state index is 0.413. The molecule has 0 amide bonds. The van der Waals surface area contributed by atoms with Gasteiger partial charge in [-0.3, -0.25) is 0 Å². The van der Waals surface area contributed by atoms with Gasteiger partial charge in [-0.2, -0.15) is 0 Å². The Kier molecular flexibility index (Phi) is 69.8. The first-order valence-electron chi connectivity index (χ1n) is 45.2. The average molecular weight is 1460 g/mol. The first kappa shape index (κ1) is 95.1. The third kappa shape index (κ3) is 57.2. The largest absolute Gasteiger partial charge is 0.489 e. The zero-order chi connectivity index (χ0) is 73.2. The third-order valence-corrected chi connectivity index (χ3v) is 21.5. The van der Waals surface area contributed by atoms with Crippen molar-refractivity contribution in [2.75, 3.05) is 50.3 Å². The molecule has 0 spiro atoms. The first-order valence-corrected chi connectivity index (χ1v) is 46.0. The Morgan fingerprint density at radius 1 is 0.196 bits per heavy atom. The second-order valence-electron chi connectivity index (χ2n) is 30.8. The highest BCUT2D eigenvalue weighted by atomic mass is 32.1. The number of benzene rings is 2. The van der Waals surface area contributed by atoms with Gasteiger partial charge in [-0.05, 0) is 38.5 Å². The molecular weight excluding hydrogens is 1290 g/mol. The van der Waals surface area contributed by atoms with Crippen LogP contribution in [0.1, 0.15) is 465 Å². The number of unbranched alkanes of at least 4 members (excludes halogenated alkanes) is 60. The topological polar surface area (TPSA) is 79.4 Å². The number of anilines is 2. The summed E-state index contributed by atoms with van der Waals surface area (Å²) in [6.45, 7) is 17.5. The van der Waals surface area contributed by atoms with Crippen molar-refractivity contribution in [3.8, 4) is 34.5 Å². The van der Waals surface area contributed by atoms with Crippen molar-refractivity contribution in [3.63, 3.8) is 0 Å². The van der Waals surface area contributed by atoms with E-state index in [-0.39, 0.29) is 0 Å². The normalized spacial score (nSPS) is 11.4. The van der Waals surface area contributed by atoms with Crippen molar-refractivity contribution in [1.82, 2.24) is 0 Å². The highest BCUT2D eigenvalue weighted by Gasteiger charge is 2.21. The van der Waals surface area contributed by atoms with Crippen LogP contribution in [0.25, 0.3) is 0 Å². The Hall–Kier alpha value is -2.98. The molecule has 102 heavy (non-hydrogen) atoms. The lowest BCUT2D eigenvalue weighted by Crippen LogP contribution is -2.26. The Balaban J connectivity index is 2.46. The second-order valence-corrected chi connectivity index (χ2v) is 31.6. The standard InChI is InChI=1S/C92H168N2O6S2/c1-7-13-19-25-31-37-43-49-55-61-67-73-95-85-79-83(80-86(96-74-68-62-56-50-44-38-32-26-20-14-8-2)89(85)99-77-71-65-59-53-47-41-35-29-23-17-11-5)93-91(101)92(102)94-84-81-87(97-75-69-63-57-51-45-39-33-27-21-15-9-3)90(100-78-72-66-60-54-48-42-36-30-24-18-12-6)88(82-84)98-76-70-64-58-52-46-40-34-28-22-16-10-4/h79-82H,7-78H2,1-6H3,(H,93,101)(H,94,102). The van der Waals surface area contributed by atoms with Gasteiger partial charge in [0.2, 0.25) is 11.5 Å². The molecule has 2 aromatic carbocycles. The van der Waals surface area contributed by atoms with Crippen LogP contribution in [-0.2, 0) is 0 Å². The molecule has 0 saturated carbocycles. The maximum atomic E-state index is 6.82. The Bertz CT molecular complexity index is 1890. The molecule has 0 atom stereocenters. The van der Waals surface area contributed by atoms with E-state index in [1.54, 1.807) is 0 Å². The average Bonchev–Trinajstić information content (AvgIpc) is 0.825. The van der Waals surface area contributed by atoms with Crippen LogP contribution < -0.4 is 39.1 Å². The molecule has 2 aromatic rings. The summed E-state index contributed by atoms with van der Waals surface area (Å²) >= 11 is 12.5. The molecule has 0 aliphatic heterocycles. The van der Waals surface area contributed by atoms with Crippen LogP contribution >= 0.6 is 24.4 Å². The first-order chi connectivity index (χ1) is 50.4. The van der Waals surface area contributed by atoms with Gasteiger partial charge >= 0.3 is 0 Å². The van der Waals surface area contributed by atoms with E-state index in [1.807, 2.05) is 0 Å². The summed E-state index contributed by atoms with van der Waals surface area (Å²) in [5.74, 6) is 4.22. The van der Waals surface area contributed by atoms with Gasteiger partial charge in [0.15, 0.2) is 23.0 Å². The number of nitrogens with one attached hydrogen (secondary N) is 2. The summed E-state index contributed by atoms with van der Waals surface area (Å²) in [4.78, 5) is 0.826. The number of ether oxygens (including phenoxy) is 6. The van der Waals surface area contributed by atoms with E-state index in [1.165, 1.54) is 347 Å². The van der Waals surface area contributed by atoms with Crippen molar-refractivity contribution in [2.45, 2.75) is 465 Å². The Morgan fingerprint density at radius 3 is 0.471 bits per heavy atom. The van der Waals surface area contributed by atoms with E-state index in [4.69, 9.17) is 52.9 Å². The molecular formula is C92H168N2O6S2. The summed E-state index contributed by atoms with van der Waals surface area (Å²) in [6, 6.07) is 8.23. The van der Waals surface area contributed by atoms with Gasteiger partial charge in [0.25, 0.3) is 0 Å². The van der Waals surface area contributed by atoms with Gasteiger partial charge < -0.3 is 39.1 Å². The SMILES string of the molecule is CCCCCCCCCCCCCOc1cc(NC(=S)C(=S)Nc2cc(OCCCCCCCCCCCCC)c(OCCCCCCCCCCCCC)c(OCCCCCCCCCCCCC)c2)cc(OCCCCCCCCCCCCC)c1OCCCCCCCCCCCCC. The van der Waals surface area contributed by atoms with E-state index >= 15 is 0 Å². The van der Waals surface area contributed by atoms with Crippen LogP contribution in [-0.4, -0.2) is 49.6 Å². The lowest BCUT2D eigenvalue weighted by Gasteiger charge is -2.21. The number of hydrogen-bond donors (Lipinski definition) is 2. The molecule has 0 aliphatic rings. The van der Waals surface area contributed by atoms with Gasteiger partial charge in [-0.15, -0.1) is 0 Å². The molecule has 0 unspecified atom stereocenters. The molecule has 0 aromatic heterocycles. The highest BCUT2D eigenvalue weighted by molar-refractivity contribution is 7.89. The van der Waals surface area contributed by atoms with Crippen LogP contribution in [0.4, 0.5) is 11.4 Å². The Morgan fingerprint density at radius 2 is 0.324 bits per heavy atom. The summed E-state index contributed by atoms with van der Waals surface area (Å²) < 4.78 is 40.9. The van der Waals surface area contributed by atoms with E-state index in [0.29, 0.717) is 84.1 Å². The van der Waals surface area contributed by atoms with Crippen molar-refractivity contribution in [3.05, 3.63) is 24.3 Å². The van der Waals surface area contributed by atoms with Crippen LogP contribution in [0.2, 0.25) is 0 Å². The van der Waals surface area contributed by atoms with E-state index in [0.717, 1.165) is 88.4 Å². The molecule has 0 fully saturated rings. The van der Waals surface area contributed by atoms with Crippen molar-refractivity contribution < 1.29 is 28.4 Å². The molecule has 2 rings (SSSR count). The molecule has 0 saturated heterocycles. The Labute approximate surface area is 644 Å². The minimum Gasteiger partial charge on any atom is -0.489 e. The highest BCUT2D eigenvalue weighted by Crippen LogP contribution is 2.43. The van der Waals surface area contributed by atoms with Crippen molar-refractivity contribution >= 4 is 45.8 Å². The maximum Gasteiger partial charge on any atom is 0.203 e. The van der Waals surface area contributed by atoms with Gasteiger partial charge in [-0.25, -0.2) is 0 Å². The fourth-order valence-corrected chi connectivity index (χ4v) is 14.4. The maximum absolute atomic E-state index is 6.82. The van der Waals surface area contributed by atoms with Crippen LogP contribution in [0.5, 0.6) is 34.5 Å². The summed E-state index contributed by atoms with van der Waals surface area (Å²) in [5, 5.41) is 7.13. The molecule has 0 aliphatic carbocycles. The van der Waals surface area contributed by atoms with E-state index in [2.05, 4.69) is 76.4 Å². The minimum atomic E-state index is 0.413. The van der Waals surface area contributed by atoms with Crippen LogP contribution in [0.15, 0.2) is 24.3 Å². The lowest BCUT2D eigenvalue weighted by molar-refractivity contribution is 0.234. The van der Waals surface area contributed by atoms with E-state index in [9.17, 15) is 0 Å². The number of hydrogen-bond acceptors (Lipinski definition) is 8. The molecule has 8 nitrogen and oxygen atoms in total. The second kappa shape index (κ2) is 74.9. The van der Waals surface area contributed by atoms with Crippen molar-refractivity contribution in [2.24, 2.45) is 0 Å². The zero-order valence-electron chi connectivity index (χ0n) is 68.5. The molecule has 10 heteroatoms. The predicted octanol–water partition coefficient (Wildman–Crippen LogP) is 32.0. The molecule has 0 heterocycles. The molecule has 0 bridgehead atoms. The van der Waals surface area contributed by atoms with Gasteiger partial charge in [-0.1, -0.05) is 451 Å². The van der Waals surface area contributed by atoms with Crippen molar-refractivity contribution in [1.29, 1.82) is 0 Å². The fourth-order valence-electron chi connectivity index (χ4n) is 14.1. The number of rotatable bonds is 80. The van der Waals surface area contributed by atoms with Gasteiger partial charge in [0.05, 0.1) is 39.6 Å². The molecule has 2 N–H and O–H groups in total. The van der Waals surface area contributed by atoms with Crippen LogP contribution in [0.3, 0.4) is 0 Å². The fraction of sp³-hybridized carbons (Fsp3) is 0.848. The quantitative estimate of drug-likeness (QED) is 0.0494. The zero-order valence-corrected chi connectivity index (χ0v) is 70.1. The smallest absolute Gasteiger partial charge is 0.203 e. The van der Waals surface area contributed by atoms with Crippen LogP contribution in [0, 0.1) is 0 Å². The predicted molar refractivity (Wildman–Crippen MR) is 457 cm³/mol.